The molecule has 1 unspecified atom stereocenters. The van der Waals surface area contributed by atoms with E-state index in [4.69, 9.17) is 9.47 Å². The van der Waals surface area contributed by atoms with Gasteiger partial charge in [0.05, 0.1) is 19.3 Å². The van der Waals surface area contributed by atoms with Crippen LogP contribution >= 0.6 is 0 Å². The van der Waals surface area contributed by atoms with Crippen LogP contribution in [-0.4, -0.2) is 49.5 Å². The second-order valence-corrected chi connectivity index (χ2v) is 4.51. The Morgan fingerprint density at radius 3 is 3.06 bits per heavy atom. The number of hydrogen-bond donors (Lipinski definition) is 0. The molecule has 1 fully saturated rings. The Morgan fingerprint density at radius 1 is 1.50 bits per heavy atom. The molecule has 0 N–H and O–H groups in total. The fourth-order valence-corrected chi connectivity index (χ4v) is 2.17. The fraction of sp³-hybridized carbons (Fsp3) is 0.692. The van der Waals surface area contributed by atoms with E-state index >= 15 is 0 Å². The highest BCUT2D eigenvalue weighted by atomic mass is 16.5. The average Bonchev–Trinajstić information content (AvgIpc) is 2.39. The molecule has 5 nitrogen and oxygen atoms in total. The predicted octanol–water partition coefficient (Wildman–Crippen LogP) is 1.20. The number of hydrogen-bond acceptors (Lipinski definition) is 5. The Balaban J connectivity index is 2.12. The zero-order valence-electron chi connectivity index (χ0n) is 11.3. The lowest BCUT2D eigenvalue weighted by molar-refractivity contribution is -0.0102. The molecular formula is C13H21N3O2. The standard InChI is InChI=1S/C13H21N3O2/c1-4-11-7-13(15-10(2)14-11)16-5-6-18-12(8-16)9-17-3/h7,12H,4-6,8-9H2,1-3H3. The van der Waals surface area contributed by atoms with Gasteiger partial charge in [0, 0.05) is 32.0 Å². The van der Waals surface area contributed by atoms with Gasteiger partial charge in [-0.1, -0.05) is 6.92 Å². The molecule has 5 heteroatoms. The molecule has 0 aliphatic carbocycles. The van der Waals surface area contributed by atoms with E-state index in [9.17, 15) is 0 Å². The molecule has 0 radical (unpaired) electrons. The Morgan fingerprint density at radius 2 is 2.33 bits per heavy atom. The van der Waals surface area contributed by atoms with E-state index in [1.165, 1.54) is 0 Å². The molecule has 0 aromatic carbocycles. The molecule has 2 rings (SSSR count). The van der Waals surface area contributed by atoms with Crippen molar-refractivity contribution in [2.45, 2.75) is 26.4 Å². The van der Waals surface area contributed by atoms with Crippen LogP contribution in [-0.2, 0) is 15.9 Å². The van der Waals surface area contributed by atoms with E-state index in [1.807, 2.05) is 6.92 Å². The third-order valence-electron chi connectivity index (χ3n) is 3.06. The van der Waals surface area contributed by atoms with Crippen LogP contribution in [0, 0.1) is 6.92 Å². The first-order valence-electron chi connectivity index (χ1n) is 6.43. The van der Waals surface area contributed by atoms with E-state index in [0.29, 0.717) is 6.61 Å². The van der Waals surface area contributed by atoms with Gasteiger partial charge in [-0.05, 0) is 13.3 Å². The summed E-state index contributed by atoms with van der Waals surface area (Å²) >= 11 is 0. The quantitative estimate of drug-likeness (QED) is 0.804. The molecule has 0 bridgehead atoms. The van der Waals surface area contributed by atoms with Gasteiger partial charge in [-0.25, -0.2) is 9.97 Å². The van der Waals surface area contributed by atoms with Crippen molar-refractivity contribution in [2.24, 2.45) is 0 Å². The third-order valence-corrected chi connectivity index (χ3v) is 3.06. The van der Waals surface area contributed by atoms with Crippen molar-refractivity contribution in [3.63, 3.8) is 0 Å². The maximum atomic E-state index is 5.65. The number of ether oxygens (including phenoxy) is 2. The molecule has 0 amide bonds. The Bertz CT molecular complexity index is 396. The first kappa shape index (κ1) is 13.2. The molecule has 1 atom stereocenters. The first-order chi connectivity index (χ1) is 8.72. The number of aryl methyl sites for hydroxylation is 2. The summed E-state index contributed by atoms with van der Waals surface area (Å²) in [6, 6.07) is 2.07. The van der Waals surface area contributed by atoms with Crippen LogP contribution in [0.2, 0.25) is 0 Å². The van der Waals surface area contributed by atoms with Crippen LogP contribution in [0.5, 0.6) is 0 Å². The maximum absolute atomic E-state index is 5.65. The SMILES string of the molecule is CCc1cc(N2CCOC(COC)C2)nc(C)n1. The number of aromatic nitrogens is 2. The number of methoxy groups -OCH3 is 1. The van der Waals surface area contributed by atoms with E-state index in [0.717, 1.165) is 43.5 Å². The van der Waals surface area contributed by atoms with Crippen LogP contribution < -0.4 is 4.90 Å². The van der Waals surface area contributed by atoms with E-state index in [2.05, 4.69) is 27.9 Å². The van der Waals surface area contributed by atoms with E-state index in [1.54, 1.807) is 7.11 Å². The van der Waals surface area contributed by atoms with Gasteiger partial charge >= 0.3 is 0 Å². The lowest BCUT2D eigenvalue weighted by Gasteiger charge is -2.33. The monoisotopic (exact) mass is 251 g/mol. The predicted molar refractivity (Wildman–Crippen MR) is 70.0 cm³/mol. The number of morpholine rings is 1. The van der Waals surface area contributed by atoms with Crippen molar-refractivity contribution in [2.75, 3.05) is 38.3 Å². The fourth-order valence-electron chi connectivity index (χ4n) is 2.17. The molecular weight excluding hydrogens is 230 g/mol. The topological polar surface area (TPSA) is 47.5 Å². The zero-order valence-corrected chi connectivity index (χ0v) is 11.3. The molecule has 2 heterocycles. The minimum Gasteiger partial charge on any atom is -0.382 e. The minimum atomic E-state index is 0.129. The molecule has 0 spiro atoms. The van der Waals surface area contributed by atoms with Gasteiger partial charge in [0.15, 0.2) is 0 Å². The highest BCUT2D eigenvalue weighted by Gasteiger charge is 2.21. The molecule has 1 aromatic heterocycles. The van der Waals surface area contributed by atoms with Crippen molar-refractivity contribution in [3.05, 3.63) is 17.6 Å². The van der Waals surface area contributed by atoms with Crippen molar-refractivity contribution in [1.82, 2.24) is 9.97 Å². The van der Waals surface area contributed by atoms with Crippen LogP contribution in [0.3, 0.4) is 0 Å². The molecule has 100 valence electrons. The van der Waals surface area contributed by atoms with Crippen LogP contribution in [0.4, 0.5) is 5.82 Å². The highest BCUT2D eigenvalue weighted by molar-refractivity contribution is 5.40. The van der Waals surface area contributed by atoms with Crippen molar-refractivity contribution in [3.8, 4) is 0 Å². The maximum Gasteiger partial charge on any atom is 0.132 e. The summed E-state index contributed by atoms with van der Waals surface area (Å²) in [4.78, 5) is 11.2. The summed E-state index contributed by atoms with van der Waals surface area (Å²) in [5.74, 6) is 1.84. The van der Waals surface area contributed by atoms with Crippen LogP contribution in [0.1, 0.15) is 18.4 Å². The average molecular weight is 251 g/mol. The lowest BCUT2D eigenvalue weighted by Crippen LogP contribution is -2.44. The van der Waals surface area contributed by atoms with Gasteiger partial charge in [-0.15, -0.1) is 0 Å². The number of anilines is 1. The van der Waals surface area contributed by atoms with Gasteiger partial charge in [0.2, 0.25) is 0 Å². The van der Waals surface area contributed by atoms with Gasteiger partial charge < -0.3 is 14.4 Å². The Hall–Kier alpha value is -1.20. The number of rotatable bonds is 4. The summed E-state index contributed by atoms with van der Waals surface area (Å²) in [7, 11) is 1.70. The van der Waals surface area contributed by atoms with Gasteiger partial charge in [0.1, 0.15) is 11.6 Å². The Labute approximate surface area is 108 Å². The summed E-state index contributed by atoms with van der Waals surface area (Å²) in [6.45, 7) is 7.10. The summed E-state index contributed by atoms with van der Waals surface area (Å²) in [5.41, 5.74) is 1.09. The molecule has 1 aliphatic heterocycles. The number of nitrogens with zero attached hydrogens (tertiary/aromatic N) is 3. The summed E-state index contributed by atoms with van der Waals surface area (Å²) in [6.07, 6.45) is 1.06. The third kappa shape index (κ3) is 3.17. The normalized spacial score (nSPS) is 20.2. The van der Waals surface area contributed by atoms with Crippen LogP contribution in [0.15, 0.2) is 6.07 Å². The van der Waals surface area contributed by atoms with Crippen molar-refractivity contribution >= 4 is 5.82 Å². The van der Waals surface area contributed by atoms with E-state index < -0.39 is 0 Å². The second kappa shape index (κ2) is 6.11. The Kier molecular flexibility index (Phi) is 4.49. The molecule has 1 aromatic rings. The molecule has 0 saturated carbocycles. The molecule has 18 heavy (non-hydrogen) atoms. The zero-order chi connectivity index (χ0) is 13.0. The van der Waals surface area contributed by atoms with Crippen molar-refractivity contribution in [1.29, 1.82) is 0 Å². The minimum absolute atomic E-state index is 0.129. The summed E-state index contributed by atoms with van der Waals surface area (Å²) < 4.78 is 10.8. The van der Waals surface area contributed by atoms with Gasteiger partial charge in [0.25, 0.3) is 0 Å². The van der Waals surface area contributed by atoms with E-state index in [-0.39, 0.29) is 6.10 Å². The second-order valence-electron chi connectivity index (χ2n) is 4.51. The smallest absolute Gasteiger partial charge is 0.132 e. The van der Waals surface area contributed by atoms with Gasteiger partial charge in [-0.3, -0.25) is 0 Å². The van der Waals surface area contributed by atoms with Gasteiger partial charge in [-0.2, -0.15) is 0 Å². The molecule has 1 aliphatic rings. The lowest BCUT2D eigenvalue weighted by atomic mass is 10.2. The van der Waals surface area contributed by atoms with Crippen LogP contribution in [0.25, 0.3) is 0 Å². The largest absolute Gasteiger partial charge is 0.382 e. The first-order valence-corrected chi connectivity index (χ1v) is 6.43. The highest BCUT2D eigenvalue weighted by Crippen LogP contribution is 2.17. The summed E-state index contributed by atoms with van der Waals surface area (Å²) in [5, 5.41) is 0. The van der Waals surface area contributed by atoms with Crippen molar-refractivity contribution < 1.29 is 9.47 Å². The molecule has 1 saturated heterocycles.